The van der Waals surface area contributed by atoms with Gasteiger partial charge < -0.3 is 10.4 Å². The van der Waals surface area contributed by atoms with Crippen LogP contribution in [0.5, 0.6) is 0 Å². The van der Waals surface area contributed by atoms with E-state index in [1.54, 1.807) is 0 Å². The topological polar surface area (TPSA) is 45.1 Å². The van der Waals surface area contributed by atoms with Crippen LogP contribution in [0.15, 0.2) is 24.3 Å². The Hall–Kier alpha value is -1.32. The molecule has 1 aromatic carbocycles. The molecule has 3 nitrogen and oxygen atoms in total. The zero-order valence-electron chi connectivity index (χ0n) is 10.6. The average molecular weight is 265 g/mol. The standard InChI is InChI=1S/C14H17ClN2O/c1-3-11(8-18)16-13-7-5-10-4-6-12(15)9(2)14(10)17-13/h4-7,11,18H,3,8H2,1-2H3,(H,16,17)/t11-/m1/s1. The summed E-state index contributed by atoms with van der Waals surface area (Å²) in [7, 11) is 0. The summed E-state index contributed by atoms with van der Waals surface area (Å²) in [5.74, 6) is 0.772. The number of nitrogens with zero attached hydrogens (tertiary/aromatic N) is 1. The van der Waals surface area contributed by atoms with Crippen molar-refractivity contribution in [2.24, 2.45) is 0 Å². The maximum atomic E-state index is 9.19. The van der Waals surface area contributed by atoms with Gasteiger partial charge in [0.15, 0.2) is 0 Å². The normalized spacial score (nSPS) is 12.7. The molecule has 0 aliphatic heterocycles. The maximum Gasteiger partial charge on any atom is 0.126 e. The molecule has 4 heteroatoms. The van der Waals surface area contributed by atoms with Crippen LogP contribution in [0.3, 0.4) is 0 Å². The van der Waals surface area contributed by atoms with Gasteiger partial charge in [0.1, 0.15) is 5.82 Å². The lowest BCUT2D eigenvalue weighted by Crippen LogP contribution is -2.23. The van der Waals surface area contributed by atoms with Gasteiger partial charge in [0.2, 0.25) is 0 Å². The van der Waals surface area contributed by atoms with Gasteiger partial charge in [-0.15, -0.1) is 0 Å². The van der Waals surface area contributed by atoms with E-state index in [1.807, 2.05) is 38.1 Å². The number of rotatable bonds is 4. The van der Waals surface area contributed by atoms with Crippen molar-refractivity contribution in [1.82, 2.24) is 4.98 Å². The molecule has 0 fully saturated rings. The number of aryl methyl sites for hydroxylation is 1. The monoisotopic (exact) mass is 264 g/mol. The highest BCUT2D eigenvalue weighted by molar-refractivity contribution is 6.32. The SMILES string of the molecule is CC[C@H](CO)Nc1ccc2ccc(Cl)c(C)c2n1. The third-order valence-corrected chi connectivity index (χ3v) is 3.52. The highest BCUT2D eigenvalue weighted by Crippen LogP contribution is 2.25. The first kappa shape index (κ1) is 13.1. The fourth-order valence-corrected chi connectivity index (χ4v) is 2.02. The third kappa shape index (κ3) is 2.57. The molecular formula is C14H17ClN2O. The average Bonchev–Trinajstić information content (AvgIpc) is 2.40. The van der Waals surface area contributed by atoms with Crippen LogP contribution in [0.2, 0.25) is 5.02 Å². The van der Waals surface area contributed by atoms with Crippen molar-refractivity contribution in [3.63, 3.8) is 0 Å². The van der Waals surface area contributed by atoms with E-state index in [2.05, 4.69) is 10.3 Å². The molecule has 2 aromatic rings. The molecule has 1 atom stereocenters. The van der Waals surface area contributed by atoms with Gasteiger partial charge >= 0.3 is 0 Å². The van der Waals surface area contributed by atoms with E-state index in [-0.39, 0.29) is 12.6 Å². The molecule has 18 heavy (non-hydrogen) atoms. The van der Waals surface area contributed by atoms with E-state index in [0.717, 1.165) is 33.7 Å². The number of benzene rings is 1. The number of hydrogen-bond donors (Lipinski definition) is 2. The van der Waals surface area contributed by atoms with Crippen molar-refractivity contribution in [3.8, 4) is 0 Å². The van der Waals surface area contributed by atoms with E-state index in [4.69, 9.17) is 11.6 Å². The Kier molecular flexibility index (Phi) is 4.04. The lowest BCUT2D eigenvalue weighted by Gasteiger charge is -2.15. The van der Waals surface area contributed by atoms with Crippen molar-refractivity contribution in [2.75, 3.05) is 11.9 Å². The summed E-state index contributed by atoms with van der Waals surface area (Å²) in [6, 6.07) is 7.82. The molecule has 1 heterocycles. The van der Waals surface area contributed by atoms with Gasteiger partial charge in [0.25, 0.3) is 0 Å². The summed E-state index contributed by atoms with van der Waals surface area (Å²) in [6.45, 7) is 4.09. The van der Waals surface area contributed by atoms with E-state index in [1.165, 1.54) is 0 Å². The summed E-state index contributed by atoms with van der Waals surface area (Å²) in [6.07, 6.45) is 0.852. The maximum absolute atomic E-state index is 9.19. The fraction of sp³-hybridized carbons (Fsp3) is 0.357. The van der Waals surface area contributed by atoms with Gasteiger partial charge in [-0.2, -0.15) is 0 Å². The van der Waals surface area contributed by atoms with Gasteiger partial charge in [0.05, 0.1) is 18.2 Å². The van der Waals surface area contributed by atoms with Crippen LogP contribution in [0, 0.1) is 6.92 Å². The lowest BCUT2D eigenvalue weighted by molar-refractivity contribution is 0.271. The molecule has 2 N–H and O–H groups in total. The molecule has 2 rings (SSSR count). The number of fused-ring (bicyclic) bond motifs is 1. The zero-order valence-corrected chi connectivity index (χ0v) is 11.3. The fourth-order valence-electron chi connectivity index (χ4n) is 1.87. The Morgan fingerprint density at radius 1 is 1.33 bits per heavy atom. The molecule has 0 bridgehead atoms. The van der Waals surface area contributed by atoms with Crippen LogP contribution >= 0.6 is 11.6 Å². The summed E-state index contributed by atoms with van der Waals surface area (Å²) >= 11 is 6.10. The van der Waals surface area contributed by atoms with E-state index in [9.17, 15) is 5.11 Å². The second kappa shape index (κ2) is 5.55. The zero-order chi connectivity index (χ0) is 13.1. The minimum Gasteiger partial charge on any atom is -0.394 e. The Balaban J connectivity index is 2.40. The first-order chi connectivity index (χ1) is 8.65. The van der Waals surface area contributed by atoms with Crippen LogP contribution in [0.1, 0.15) is 18.9 Å². The second-order valence-corrected chi connectivity index (χ2v) is 4.78. The summed E-state index contributed by atoms with van der Waals surface area (Å²) in [5.41, 5.74) is 1.88. The van der Waals surface area contributed by atoms with Crippen LogP contribution in [-0.2, 0) is 0 Å². The highest BCUT2D eigenvalue weighted by Gasteiger charge is 2.07. The van der Waals surface area contributed by atoms with Crippen molar-refractivity contribution >= 4 is 28.3 Å². The van der Waals surface area contributed by atoms with Gasteiger partial charge in [-0.3, -0.25) is 0 Å². The summed E-state index contributed by atoms with van der Waals surface area (Å²) < 4.78 is 0. The number of aromatic nitrogens is 1. The highest BCUT2D eigenvalue weighted by atomic mass is 35.5. The number of hydrogen-bond acceptors (Lipinski definition) is 3. The Bertz CT molecular complexity index is 553. The number of nitrogens with one attached hydrogen (secondary N) is 1. The minimum absolute atomic E-state index is 0.0365. The summed E-state index contributed by atoms with van der Waals surface area (Å²) in [4.78, 5) is 4.56. The second-order valence-electron chi connectivity index (χ2n) is 4.37. The molecular weight excluding hydrogens is 248 g/mol. The number of anilines is 1. The van der Waals surface area contributed by atoms with Crippen LogP contribution < -0.4 is 5.32 Å². The molecule has 0 saturated carbocycles. The van der Waals surface area contributed by atoms with E-state index < -0.39 is 0 Å². The lowest BCUT2D eigenvalue weighted by atomic mass is 10.1. The van der Waals surface area contributed by atoms with Gasteiger partial charge in [-0.1, -0.05) is 24.6 Å². The van der Waals surface area contributed by atoms with E-state index in [0.29, 0.717) is 0 Å². The Morgan fingerprint density at radius 2 is 2.06 bits per heavy atom. The van der Waals surface area contributed by atoms with Gasteiger partial charge in [0, 0.05) is 10.4 Å². The Labute approximate surface area is 112 Å². The summed E-state index contributed by atoms with van der Waals surface area (Å²) in [5, 5.41) is 14.2. The molecule has 0 amide bonds. The van der Waals surface area contributed by atoms with Crippen LogP contribution in [-0.4, -0.2) is 22.7 Å². The predicted octanol–water partition coefficient (Wildman–Crippen LogP) is 3.38. The largest absolute Gasteiger partial charge is 0.394 e. The van der Waals surface area contributed by atoms with Crippen molar-refractivity contribution in [1.29, 1.82) is 0 Å². The molecule has 0 radical (unpaired) electrons. The molecule has 96 valence electrons. The van der Waals surface area contributed by atoms with Crippen LogP contribution in [0.25, 0.3) is 10.9 Å². The predicted molar refractivity (Wildman–Crippen MR) is 76.3 cm³/mol. The van der Waals surface area contributed by atoms with Crippen molar-refractivity contribution < 1.29 is 5.11 Å². The Morgan fingerprint density at radius 3 is 2.72 bits per heavy atom. The first-order valence-electron chi connectivity index (χ1n) is 6.09. The molecule has 1 aromatic heterocycles. The smallest absolute Gasteiger partial charge is 0.126 e. The number of halogens is 1. The quantitative estimate of drug-likeness (QED) is 0.890. The molecule has 0 unspecified atom stereocenters. The number of aliphatic hydroxyl groups excluding tert-OH is 1. The first-order valence-corrected chi connectivity index (χ1v) is 6.46. The van der Waals surface area contributed by atoms with Crippen molar-refractivity contribution in [3.05, 3.63) is 34.9 Å². The molecule has 0 spiro atoms. The van der Waals surface area contributed by atoms with Crippen molar-refractivity contribution in [2.45, 2.75) is 26.3 Å². The van der Waals surface area contributed by atoms with Crippen LogP contribution in [0.4, 0.5) is 5.82 Å². The molecule has 0 saturated heterocycles. The molecule has 0 aliphatic carbocycles. The van der Waals surface area contributed by atoms with Gasteiger partial charge in [-0.25, -0.2) is 4.98 Å². The third-order valence-electron chi connectivity index (χ3n) is 3.11. The number of pyridine rings is 1. The number of aliphatic hydroxyl groups is 1. The minimum atomic E-state index is 0.0365. The van der Waals surface area contributed by atoms with Gasteiger partial charge in [-0.05, 0) is 37.1 Å². The molecule has 0 aliphatic rings. The van der Waals surface area contributed by atoms with E-state index >= 15 is 0 Å².